The molecule has 0 bridgehead atoms. The summed E-state index contributed by atoms with van der Waals surface area (Å²) in [5, 5.41) is 9.14. The Hall–Kier alpha value is -1.06. The topological polar surface area (TPSA) is 46.5 Å². The fourth-order valence-electron chi connectivity index (χ4n) is 1.29. The first-order valence-corrected chi connectivity index (χ1v) is 4.99. The summed E-state index contributed by atoms with van der Waals surface area (Å²) in [6, 6.07) is 5.55. The van der Waals surface area contributed by atoms with E-state index in [-0.39, 0.29) is 6.42 Å². The monoisotopic (exact) mass is 228 g/mol. The molecule has 0 heterocycles. The fourth-order valence-corrected chi connectivity index (χ4v) is 1.59. The molecule has 1 rings (SSSR count). The van der Waals surface area contributed by atoms with Crippen molar-refractivity contribution in [2.45, 2.75) is 19.4 Å². The Morgan fingerprint density at radius 3 is 2.80 bits per heavy atom. The Kier molecular flexibility index (Phi) is 4.59. The Bertz CT molecular complexity index is 350. The molecule has 0 amide bonds. The number of aliphatic carboxylic acids is 1. The van der Waals surface area contributed by atoms with E-state index in [1.165, 1.54) is 0 Å². The quantitative estimate of drug-likeness (QED) is 0.842. The molecule has 0 unspecified atom stereocenters. The molecule has 3 nitrogen and oxygen atoms in total. The van der Waals surface area contributed by atoms with E-state index in [9.17, 15) is 4.79 Å². The molecule has 4 heteroatoms. The number of methoxy groups -OCH3 is 1. The molecule has 1 N–H and O–H groups in total. The lowest BCUT2D eigenvalue weighted by Crippen LogP contribution is -1.98. The maximum Gasteiger partial charge on any atom is 0.303 e. The zero-order valence-corrected chi connectivity index (χ0v) is 9.25. The Balaban J connectivity index is 2.70. The summed E-state index contributed by atoms with van der Waals surface area (Å²) in [4.78, 5) is 10.4. The van der Waals surface area contributed by atoms with Crippen LogP contribution in [0.3, 0.4) is 0 Å². The molecule has 1 aromatic carbocycles. The second kappa shape index (κ2) is 5.73. The minimum atomic E-state index is -0.813. The number of carboxylic acid groups (broad SMARTS) is 1. The molecule has 0 radical (unpaired) electrons. The number of benzene rings is 1. The molecule has 0 aliphatic rings. The van der Waals surface area contributed by atoms with Crippen LogP contribution in [0, 0.1) is 0 Å². The highest BCUT2D eigenvalue weighted by molar-refractivity contribution is 6.31. The predicted molar refractivity (Wildman–Crippen MR) is 58.1 cm³/mol. The van der Waals surface area contributed by atoms with Crippen molar-refractivity contribution in [1.29, 1.82) is 0 Å². The molecule has 82 valence electrons. The molecule has 0 atom stereocenters. The summed E-state index contributed by atoms with van der Waals surface area (Å²) in [6.45, 7) is 0.513. The molecule has 0 fully saturated rings. The summed E-state index contributed by atoms with van der Waals surface area (Å²) in [6.07, 6.45) is 0.560. The average molecular weight is 229 g/mol. The van der Waals surface area contributed by atoms with Crippen LogP contribution in [0.4, 0.5) is 0 Å². The van der Waals surface area contributed by atoms with Gasteiger partial charge in [0.2, 0.25) is 0 Å². The number of rotatable bonds is 5. The van der Waals surface area contributed by atoms with E-state index >= 15 is 0 Å². The highest BCUT2D eigenvalue weighted by atomic mass is 35.5. The van der Waals surface area contributed by atoms with Crippen molar-refractivity contribution in [3.63, 3.8) is 0 Å². The first-order valence-electron chi connectivity index (χ1n) is 4.61. The third kappa shape index (κ3) is 3.90. The van der Waals surface area contributed by atoms with Gasteiger partial charge < -0.3 is 9.84 Å². The van der Waals surface area contributed by atoms with Crippen molar-refractivity contribution < 1.29 is 14.6 Å². The summed E-state index contributed by atoms with van der Waals surface area (Å²) in [7, 11) is 1.62. The van der Waals surface area contributed by atoms with Gasteiger partial charge in [0.1, 0.15) is 0 Å². The smallest absolute Gasteiger partial charge is 0.303 e. The molecule has 0 aliphatic carbocycles. The summed E-state index contributed by atoms with van der Waals surface area (Å²) in [5.41, 5.74) is 1.85. The van der Waals surface area contributed by atoms with Crippen LogP contribution in [0.2, 0.25) is 5.02 Å². The summed E-state index contributed by atoms with van der Waals surface area (Å²) in [5.74, 6) is -0.813. The van der Waals surface area contributed by atoms with Crippen LogP contribution >= 0.6 is 11.6 Å². The third-order valence-corrected chi connectivity index (χ3v) is 2.39. The van der Waals surface area contributed by atoms with Gasteiger partial charge in [0.15, 0.2) is 0 Å². The van der Waals surface area contributed by atoms with Crippen LogP contribution in [0.25, 0.3) is 0 Å². The third-order valence-electron chi connectivity index (χ3n) is 2.04. The van der Waals surface area contributed by atoms with E-state index in [1.807, 2.05) is 18.2 Å². The normalized spacial score (nSPS) is 10.3. The highest BCUT2D eigenvalue weighted by Crippen LogP contribution is 2.19. The van der Waals surface area contributed by atoms with Gasteiger partial charge in [0.05, 0.1) is 6.61 Å². The van der Waals surface area contributed by atoms with Crippen LogP contribution < -0.4 is 0 Å². The Morgan fingerprint density at radius 1 is 1.53 bits per heavy atom. The van der Waals surface area contributed by atoms with Gasteiger partial charge in [-0.3, -0.25) is 4.79 Å². The Morgan fingerprint density at radius 2 is 2.27 bits per heavy atom. The molecule has 0 aromatic heterocycles. The standard InChI is InChI=1S/C11H13ClO3/c1-15-7-8-2-3-9(10(12)6-8)4-5-11(13)14/h2-3,6H,4-5,7H2,1H3,(H,13,14). The van der Waals surface area contributed by atoms with E-state index in [0.29, 0.717) is 18.1 Å². The molecule has 0 saturated heterocycles. The van der Waals surface area contributed by atoms with Crippen molar-refractivity contribution in [2.24, 2.45) is 0 Å². The van der Waals surface area contributed by atoms with Crippen molar-refractivity contribution >= 4 is 17.6 Å². The largest absolute Gasteiger partial charge is 0.481 e. The van der Waals surface area contributed by atoms with Gasteiger partial charge in [-0.1, -0.05) is 23.7 Å². The fraction of sp³-hybridized carbons (Fsp3) is 0.364. The lowest BCUT2D eigenvalue weighted by molar-refractivity contribution is -0.136. The van der Waals surface area contributed by atoms with Gasteiger partial charge in [-0.2, -0.15) is 0 Å². The van der Waals surface area contributed by atoms with Gasteiger partial charge in [0, 0.05) is 18.6 Å². The highest BCUT2D eigenvalue weighted by Gasteiger charge is 2.04. The maximum atomic E-state index is 10.4. The van der Waals surface area contributed by atoms with Gasteiger partial charge in [-0.05, 0) is 23.6 Å². The van der Waals surface area contributed by atoms with Crippen LogP contribution in [-0.2, 0) is 22.6 Å². The minimum Gasteiger partial charge on any atom is -0.481 e. The van der Waals surface area contributed by atoms with Crippen LogP contribution in [0.15, 0.2) is 18.2 Å². The van der Waals surface area contributed by atoms with Crippen molar-refractivity contribution in [3.05, 3.63) is 34.3 Å². The van der Waals surface area contributed by atoms with Crippen LogP contribution in [0.1, 0.15) is 17.5 Å². The number of halogens is 1. The minimum absolute atomic E-state index is 0.101. The molecule has 0 spiro atoms. The molecule has 15 heavy (non-hydrogen) atoms. The lowest BCUT2D eigenvalue weighted by Gasteiger charge is -2.05. The van der Waals surface area contributed by atoms with Gasteiger partial charge in [0.25, 0.3) is 0 Å². The molecule has 1 aromatic rings. The van der Waals surface area contributed by atoms with Gasteiger partial charge in [-0.25, -0.2) is 0 Å². The molecular weight excluding hydrogens is 216 g/mol. The van der Waals surface area contributed by atoms with E-state index in [1.54, 1.807) is 7.11 Å². The van der Waals surface area contributed by atoms with E-state index in [0.717, 1.165) is 11.1 Å². The number of carbonyl (C=O) groups is 1. The number of aryl methyl sites for hydroxylation is 1. The predicted octanol–water partition coefficient (Wildman–Crippen LogP) is 2.50. The number of ether oxygens (including phenoxy) is 1. The first kappa shape index (κ1) is 12.0. The zero-order chi connectivity index (χ0) is 11.3. The van der Waals surface area contributed by atoms with E-state index < -0.39 is 5.97 Å². The number of hydrogen-bond acceptors (Lipinski definition) is 2. The molecular formula is C11H13ClO3. The van der Waals surface area contributed by atoms with Crippen molar-refractivity contribution in [3.8, 4) is 0 Å². The summed E-state index contributed by atoms with van der Waals surface area (Å²) >= 11 is 6.00. The first-order chi connectivity index (χ1) is 7.13. The lowest BCUT2D eigenvalue weighted by atomic mass is 10.1. The summed E-state index contributed by atoms with van der Waals surface area (Å²) < 4.78 is 4.97. The number of hydrogen-bond donors (Lipinski definition) is 1. The second-order valence-electron chi connectivity index (χ2n) is 3.25. The van der Waals surface area contributed by atoms with Crippen LogP contribution in [0.5, 0.6) is 0 Å². The number of carboxylic acids is 1. The molecule has 0 saturated carbocycles. The van der Waals surface area contributed by atoms with E-state index in [4.69, 9.17) is 21.4 Å². The van der Waals surface area contributed by atoms with Gasteiger partial charge >= 0.3 is 5.97 Å². The van der Waals surface area contributed by atoms with E-state index in [2.05, 4.69) is 0 Å². The molecule has 0 aliphatic heterocycles. The second-order valence-corrected chi connectivity index (χ2v) is 3.66. The van der Waals surface area contributed by atoms with Crippen LogP contribution in [-0.4, -0.2) is 18.2 Å². The van der Waals surface area contributed by atoms with Crippen molar-refractivity contribution in [2.75, 3.05) is 7.11 Å². The SMILES string of the molecule is COCc1ccc(CCC(=O)O)c(Cl)c1. The zero-order valence-electron chi connectivity index (χ0n) is 8.50. The average Bonchev–Trinajstić information content (AvgIpc) is 2.17. The van der Waals surface area contributed by atoms with Gasteiger partial charge in [-0.15, -0.1) is 0 Å². The Labute approximate surface area is 93.6 Å². The van der Waals surface area contributed by atoms with Crippen molar-refractivity contribution in [1.82, 2.24) is 0 Å². The maximum absolute atomic E-state index is 10.4.